The fourth-order valence-corrected chi connectivity index (χ4v) is 3.52. The van der Waals surface area contributed by atoms with Crippen molar-refractivity contribution in [2.45, 2.75) is 57.4 Å². The molecule has 1 heterocycles. The second kappa shape index (κ2) is 6.44. The van der Waals surface area contributed by atoms with Crippen LogP contribution in [0.4, 0.5) is 0 Å². The van der Waals surface area contributed by atoms with Crippen molar-refractivity contribution in [2.75, 3.05) is 20.1 Å². The highest BCUT2D eigenvalue weighted by Crippen LogP contribution is 2.30. The highest BCUT2D eigenvalue weighted by Gasteiger charge is 2.27. The Morgan fingerprint density at radius 2 is 1.65 bits per heavy atom. The summed E-state index contributed by atoms with van der Waals surface area (Å²) in [6.07, 6.45) is 11.1. The normalized spacial score (nSPS) is 24.6. The lowest BCUT2D eigenvalue weighted by Gasteiger charge is -2.39. The molecule has 2 fully saturated rings. The SMILES string of the molecule is C=C([C@@H](NC)C1CCCCC1)N1CCCCC1. The van der Waals surface area contributed by atoms with E-state index in [1.807, 2.05) is 0 Å². The molecule has 1 aliphatic carbocycles. The summed E-state index contributed by atoms with van der Waals surface area (Å²) in [5.74, 6) is 0.822. The van der Waals surface area contributed by atoms with E-state index in [-0.39, 0.29) is 0 Å². The number of likely N-dealkylation sites (N-methyl/N-ethyl adjacent to an activating group) is 1. The van der Waals surface area contributed by atoms with E-state index in [0.29, 0.717) is 6.04 Å². The standard InChI is InChI=1S/C15H28N2/c1-13(17-11-7-4-8-12-17)15(16-2)14-9-5-3-6-10-14/h14-16H,1,3-12H2,2H3/t15-/m1/s1. The first-order chi connectivity index (χ1) is 8.33. The third-order valence-corrected chi connectivity index (χ3v) is 4.55. The van der Waals surface area contributed by atoms with E-state index in [2.05, 4.69) is 23.8 Å². The van der Waals surface area contributed by atoms with Gasteiger partial charge in [0, 0.05) is 24.8 Å². The van der Waals surface area contributed by atoms with Crippen LogP contribution in [0.15, 0.2) is 12.3 Å². The van der Waals surface area contributed by atoms with Gasteiger partial charge in [0.1, 0.15) is 0 Å². The number of rotatable bonds is 4. The molecule has 0 aromatic rings. The molecule has 98 valence electrons. The number of nitrogens with one attached hydrogen (secondary N) is 1. The molecule has 0 aromatic carbocycles. The number of piperidine rings is 1. The number of likely N-dealkylation sites (tertiary alicyclic amines) is 1. The van der Waals surface area contributed by atoms with Gasteiger partial charge in [0.05, 0.1) is 0 Å². The second-order valence-electron chi connectivity index (χ2n) is 5.70. The molecule has 0 bridgehead atoms. The Bertz CT molecular complexity index is 237. The molecule has 0 radical (unpaired) electrons. The highest BCUT2D eigenvalue weighted by atomic mass is 15.2. The molecule has 0 aromatic heterocycles. The van der Waals surface area contributed by atoms with Crippen molar-refractivity contribution < 1.29 is 0 Å². The molecule has 2 rings (SSSR count). The third kappa shape index (κ3) is 3.25. The Morgan fingerprint density at radius 3 is 2.24 bits per heavy atom. The van der Waals surface area contributed by atoms with Gasteiger partial charge in [0.15, 0.2) is 0 Å². The topological polar surface area (TPSA) is 15.3 Å². The summed E-state index contributed by atoms with van der Waals surface area (Å²) in [6, 6.07) is 0.522. The summed E-state index contributed by atoms with van der Waals surface area (Å²) in [4.78, 5) is 2.53. The molecule has 0 unspecified atom stereocenters. The fraction of sp³-hybridized carbons (Fsp3) is 0.867. The average molecular weight is 236 g/mol. The lowest BCUT2D eigenvalue weighted by Crippen LogP contribution is -2.43. The summed E-state index contributed by atoms with van der Waals surface area (Å²) in [5.41, 5.74) is 1.36. The summed E-state index contributed by atoms with van der Waals surface area (Å²) in [7, 11) is 2.11. The number of nitrogens with zero attached hydrogens (tertiary/aromatic N) is 1. The molecule has 0 spiro atoms. The summed E-state index contributed by atoms with van der Waals surface area (Å²) < 4.78 is 0. The largest absolute Gasteiger partial charge is 0.374 e. The van der Waals surface area contributed by atoms with Gasteiger partial charge in [-0.2, -0.15) is 0 Å². The summed E-state index contributed by atoms with van der Waals surface area (Å²) in [6.45, 7) is 6.84. The lowest BCUT2D eigenvalue weighted by atomic mass is 9.82. The minimum atomic E-state index is 0.522. The molecule has 1 aliphatic heterocycles. The average Bonchev–Trinajstić information content (AvgIpc) is 2.42. The van der Waals surface area contributed by atoms with Crippen LogP contribution < -0.4 is 5.32 Å². The van der Waals surface area contributed by atoms with Crippen molar-refractivity contribution in [3.63, 3.8) is 0 Å². The van der Waals surface area contributed by atoms with E-state index in [0.717, 1.165) is 5.92 Å². The zero-order valence-electron chi connectivity index (χ0n) is 11.4. The first-order valence-corrected chi connectivity index (χ1v) is 7.44. The Hall–Kier alpha value is -0.500. The zero-order valence-corrected chi connectivity index (χ0v) is 11.4. The highest BCUT2D eigenvalue weighted by molar-refractivity contribution is 5.08. The van der Waals surface area contributed by atoms with E-state index in [1.54, 1.807) is 0 Å². The molecule has 1 N–H and O–H groups in total. The van der Waals surface area contributed by atoms with Crippen LogP contribution in [0.3, 0.4) is 0 Å². The van der Waals surface area contributed by atoms with Gasteiger partial charge in [-0.3, -0.25) is 0 Å². The molecule has 2 aliphatic rings. The van der Waals surface area contributed by atoms with Crippen LogP contribution in [0.25, 0.3) is 0 Å². The maximum Gasteiger partial charge on any atom is 0.0491 e. The van der Waals surface area contributed by atoms with E-state index < -0.39 is 0 Å². The van der Waals surface area contributed by atoms with Gasteiger partial charge < -0.3 is 10.2 Å². The predicted molar refractivity (Wildman–Crippen MR) is 74.0 cm³/mol. The Morgan fingerprint density at radius 1 is 1.06 bits per heavy atom. The summed E-state index contributed by atoms with van der Waals surface area (Å²) >= 11 is 0. The number of hydrogen-bond donors (Lipinski definition) is 1. The first-order valence-electron chi connectivity index (χ1n) is 7.44. The maximum atomic E-state index is 4.39. The smallest absolute Gasteiger partial charge is 0.0491 e. The monoisotopic (exact) mass is 236 g/mol. The third-order valence-electron chi connectivity index (χ3n) is 4.55. The molecular weight excluding hydrogens is 208 g/mol. The van der Waals surface area contributed by atoms with Crippen molar-refractivity contribution in [2.24, 2.45) is 5.92 Å². The van der Waals surface area contributed by atoms with Gasteiger partial charge in [-0.15, -0.1) is 0 Å². The van der Waals surface area contributed by atoms with Crippen molar-refractivity contribution in [1.29, 1.82) is 0 Å². The van der Waals surface area contributed by atoms with E-state index in [1.165, 1.54) is 70.2 Å². The minimum Gasteiger partial charge on any atom is -0.374 e. The molecular formula is C15H28N2. The van der Waals surface area contributed by atoms with Crippen LogP contribution in [0.1, 0.15) is 51.4 Å². The number of hydrogen-bond acceptors (Lipinski definition) is 2. The van der Waals surface area contributed by atoms with Crippen molar-refractivity contribution >= 4 is 0 Å². The van der Waals surface area contributed by atoms with Crippen LogP contribution in [-0.2, 0) is 0 Å². The quantitative estimate of drug-likeness (QED) is 0.806. The molecule has 1 saturated heterocycles. The Kier molecular flexibility index (Phi) is 4.90. The van der Waals surface area contributed by atoms with Gasteiger partial charge in [0.25, 0.3) is 0 Å². The second-order valence-corrected chi connectivity index (χ2v) is 5.70. The van der Waals surface area contributed by atoms with E-state index in [4.69, 9.17) is 0 Å². The van der Waals surface area contributed by atoms with E-state index >= 15 is 0 Å². The molecule has 0 amide bonds. The van der Waals surface area contributed by atoms with Crippen LogP contribution in [0.5, 0.6) is 0 Å². The van der Waals surface area contributed by atoms with Crippen molar-refractivity contribution in [3.05, 3.63) is 12.3 Å². The van der Waals surface area contributed by atoms with Gasteiger partial charge in [0.2, 0.25) is 0 Å². The van der Waals surface area contributed by atoms with Gasteiger partial charge in [-0.05, 0) is 45.1 Å². The van der Waals surface area contributed by atoms with Crippen LogP contribution in [0.2, 0.25) is 0 Å². The Balaban J connectivity index is 1.93. The van der Waals surface area contributed by atoms with Crippen molar-refractivity contribution in [3.8, 4) is 0 Å². The maximum absolute atomic E-state index is 4.39. The zero-order chi connectivity index (χ0) is 12.1. The summed E-state index contributed by atoms with van der Waals surface area (Å²) in [5, 5.41) is 3.53. The van der Waals surface area contributed by atoms with Crippen LogP contribution in [0, 0.1) is 5.92 Å². The van der Waals surface area contributed by atoms with Gasteiger partial charge in [-0.25, -0.2) is 0 Å². The van der Waals surface area contributed by atoms with E-state index in [9.17, 15) is 0 Å². The Labute approximate surface area is 106 Å². The molecule has 2 nitrogen and oxygen atoms in total. The van der Waals surface area contributed by atoms with Gasteiger partial charge >= 0.3 is 0 Å². The molecule has 2 heteroatoms. The van der Waals surface area contributed by atoms with Crippen LogP contribution >= 0.6 is 0 Å². The molecule has 1 saturated carbocycles. The molecule has 17 heavy (non-hydrogen) atoms. The first kappa shape index (κ1) is 12.9. The lowest BCUT2D eigenvalue weighted by molar-refractivity contribution is 0.220. The van der Waals surface area contributed by atoms with Crippen molar-refractivity contribution in [1.82, 2.24) is 10.2 Å². The fourth-order valence-electron chi connectivity index (χ4n) is 3.52. The van der Waals surface area contributed by atoms with Crippen LogP contribution in [-0.4, -0.2) is 31.1 Å². The van der Waals surface area contributed by atoms with Gasteiger partial charge in [-0.1, -0.05) is 25.8 Å². The molecule has 1 atom stereocenters. The predicted octanol–water partition coefficient (Wildman–Crippen LogP) is 3.15. The minimum absolute atomic E-state index is 0.522.